The van der Waals surface area contributed by atoms with Crippen LogP contribution >= 0.6 is 0 Å². The molecule has 0 unspecified atom stereocenters. The zero-order valence-electron chi connectivity index (χ0n) is 18.2. The van der Waals surface area contributed by atoms with Crippen molar-refractivity contribution in [1.82, 2.24) is 15.0 Å². The lowest BCUT2D eigenvalue weighted by atomic mass is 10.1. The first-order chi connectivity index (χ1) is 15.8. The van der Waals surface area contributed by atoms with Gasteiger partial charge in [0.25, 0.3) is 0 Å². The maximum atomic E-state index is 12.9. The number of ether oxygens (including phenoxy) is 1. The monoisotopic (exact) mass is 467 g/mol. The predicted octanol–water partition coefficient (Wildman–Crippen LogP) is 2.28. The second-order valence-electron chi connectivity index (χ2n) is 7.38. The van der Waals surface area contributed by atoms with Gasteiger partial charge in [-0.05, 0) is 31.2 Å². The molecule has 8 nitrogen and oxygen atoms in total. The molecule has 172 valence electrons. The van der Waals surface area contributed by atoms with Gasteiger partial charge in [-0.1, -0.05) is 54.6 Å². The van der Waals surface area contributed by atoms with E-state index in [2.05, 4.69) is 21.6 Å². The van der Waals surface area contributed by atoms with Crippen molar-refractivity contribution in [2.75, 3.05) is 13.2 Å². The molecule has 9 heteroatoms. The first kappa shape index (κ1) is 24.1. The average Bonchev–Trinajstić information content (AvgIpc) is 2.80. The summed E-state index contributed by atoms with van der Waals surface area (Å²) in [4.78, 5) is 29.2. The van der Waals surface area contributed by atoms with Gasteiger partial charge in [0.05, 0.1) is 10.4 Å². The van der Waals surface area contributed by atoms with Crippen molar-refractivity contribution in [1.29, 1.82) is 0 Å². The third-order valence-electron chi connectivity index (χ3n) is 4.78. The topological polar surface area (TPSA) is 114 Å². The molecule has 1 amide bonds. The van der Waals surface area contributed by atoms with E-state index in [0.29, 0.717) is 5.69 Å². The van der Waals surface area contributed by atoms with Crippen LogP contribution in [0.5, 0.6) is 0 Å². The lowest BCUT2D eigenvalue weighted by Crippen LogP contribution is -2.49. The highest BCUT2D eigenvalue weighted by Gasteiger charge is 2.27. The zero-order valence-corrected chi connectivity index (χ0v) is 19.0. The third-order valence-corrected chi connectivity index (χ3v) is 6.27. The number of carbonyl (C=O) groups excluding carboxylic acids is 2. The van der Waals surface area contributed by atoms with Crippen molar-refractivity contribution < 1.29 is 22.7 Å². The molecule has 3 rings (SSSR count). The van der Waals surface area contributed by atoms with Gasteiger partial charge in [-0.2, -0.15) is 4.72 Å². The molecule has 0 aliphatic rings. The Labute approximate surface area is 192 Å². The minimum atomic E-state index is -4.00. The molecule has 0 spiro atoms. The summed E-state index contributed by atoms with van der Waals surface area (Å²) in [6, 6.07) is 16.1. The molecular formula is C24H25N3O5S. The minimum absolute atomic E-state index is 0.0105. The molecule has 1 atom stereocenters. The number of para-hydroxylation sites is 1. The Balaban J connectivity index is 1.82. The fraction of sp³-hybridized carbons (Fsp3) is 0.208. The summed E-state index contributed by atoms with van der Waals surface area (Å²) in [5.41, 5.74) is 2.15. The maximum Gasteiger partial charge on any atom is 0.325 e. The summed E-state index contributed by atoms with van der Waals surface area (Å²) in [6.45, 7) is 4.91. The number of sulfonamides is 1. The number of pyridine rings is 1. The standard InChI is InChI=1S/C24H25N3O5S/c1-3-14-32-23(28)16-25-24(29)22(27-33(30,31)20-12-8-17(2)9-13-20)15-19-11-10-18-6-4-5-7-21(18)26-19/h3-13,22,27H,1,14-16H2,2H3,(H,25,29)/t22-/m0/s1. The van der Waals surface area contributed by atoms with E-state index in [0.717, 1.165) is 16.5 Å². The summed E-state index contributed by atoms with van der Waals surface area (Å²) >= 11 is 0. The molecule has 1 aromatic heterocycles. The number of aromatic nitrogens is 1. The molecule has 2 aromatic carbocycles. The van der Waals surface area contributed by atoms with Crippen LogP contribution in [0.3, 0.4) is 0 Å². The number of hydrogen-bond donors (Lipinski definition) is 2. The maximum absolute atomic E-state index is 12.9. The number of benzene rings is 2. The van der Waals surface area contributed by atoms with Crippen molar-refractivity contribution in [3.63, 3.8) is 0 Å². The van der Waals surface area contributed by atoms with Crippen LogP contribution in [-0.2, 0) is 30.8 Å². The van der Waals surface area contributed by atoms with Crippen LogP contribution < -0.4 is 10.0 Å². The Hall–Kier alpha value is -3.56. The molecule has 0 aliphatic carbocycles. The number of esters is 1. The molecule has 0 saturated carbocycles. The van der Waals surface area contributed by atoms with E-state index in [1.54, 1.807) is 18.2 Å². The Morgan fingerprint density at radius 3 is 2.55 bits per heavy atom. The number of amides is 1. The van der Waals surface area contributed by atoms with Crippen LogP contribution in [0, 0.1) is 6.92 Å². The Morgan fingerprint density at radius 1 is 1.09 bits per heavy atom. The van der Waals surface area contributed by atoms with Crippen LogP contribution in [0.4, 0.5) is 0 Å². The van der Waals surface area contributed by atoms with Crippen LogP contribution in [0.25, 0.3) is 10.9 Å². The Bertz CT molecular complexity index is 1260. The molecule has 0 bridgehead atoms. The van der Waals surface area contributed by atoms with E-state index < -0.39 is 34.5 Å². The average molecular weight is 468 g/mol. The molecule has 3 aromatic rings. The normalized spacial score (nSPS) is 12.2. The molecular weight excluding hydrogens is 442 g/mol. The quantitative estimate of drug-likeness (QED) is 0.349. The van der Waals surface area contributed by atoms with Crippen LogP contribution in [0.2, 0.25) is 0 Å². The van der Waals surface area contributed by atoms with Crippen molar-refractivity contribution in [2.45, 2.75) is 24.3 Å². The second kappa shape index (κ2) is 10.8. The number of aryl methyl sites for hydroxylation is 1. The summed E-state index contributed by atoms with van der Waals surface area (Å²) in [6.07, 6.45) is 1.40. The second-order valence-corrected chi connectivity index (χ2v) is 9.09. The Kier molecular flexibility index (Phi) is 7.92. The molecule has 0 saturated heterocycles. The van der Waals surface area contributed by atoms with E-state index in [1.165, 1.54) is 18.2 Å². The zero-order chi connectivity index (χ0) is 23.8. The first-order valence-corrected chi connectivity index (χ1v) is 11.7. The van der Waals surface area contributed by atoms with Crippen LogP contribution in [0.15, 0.2) is 78.2 Å². The van der Waals surface area contributed by atoms with Gasteiger partial charge >= 0.3 is 5.97 Å². The first-order valence-electron chi connectivity index (χ1n) is 10.3. The number of nitrogens with zero attached hydrogens (tertiary/aromatic N) is 1. The van der Waals surface area contributed by atoms with Gasteiger partial charge in [0, 0.05) is 17.5 Å². The predicted molar refractivity (Wildman–Crippen MR) is 125 cm³/mol. The number of fused-ring (bicyclic) bond motifs is 1. The number of rotatable bonds is 10. The van der Waals surface area contributed by atoms with Gasteiger partial charge in [0.15, 0.2) is 0 Å². The van der Waals surface area contributed by atoms with E-state index in [9.17, 15) is 18.0 Å². The number of carbonyl (C=O) groups is 2. The van der Waals surface area contributed by atoms with Crippen molar-refractivity contribution in [3.8, 4) is 0 Å². The smallest absolute Gasteiger partial charge is 0.325 e. The minimum Gasteiger partial charge on any atom is -0.460 e. The Morgan fingerprint density at radius 2 is 1.82 bits per heavy atom. The van der Waals surface area contributed by atoms with Gasteiger partial charge in [-0.15, -0.1) is 0 Å². The fourth-order valence-corrected chi connectivity index (χ4v) is 4.27. The fourth-order valence-electron chi connectivity index (χ4n) is 3.08. The van der Waals surface area contributed by atoms with E-state index >= 15 is 0 Å². The molecule has 0 radical (unpaired) electrons. The van der Waals surface area contributed by atoms with Gasteiger partial charge < -0.3 is 10.1 Å². The highest BCUT2D eigenvalue weighted by atomic mass is 32.2. The SMILES string of the molecule is C=CCOC(=O)CNC(=O)[C@H](Cc1ccc2ccccc2n1)NS(=O)(=O)c1ccc(C)cc1. The van der Waals surface area contributed by atoms with Crippen molar-refractivity contribution >= 4 is 32.8 Å². The van der Waals surface area contributed by atoms with Crippen LogP contribution in [0.1, 0.15) is 11.3 Å². The number of nitrogens with one attached hydrogen (secondary N) is 2. The number of hydrogen-bond acceptors (Lipinski definition) is 6. The van der Waals surface area contributed by atoms with E-state index in [1.807, 2.05) is 37.3 Å². The van der Waals surface area contributed by atoms with E-state index in [4.69, 9.17) is 4.74 Å². The van der Waals surface area contributed by atoms with Crippen molar-refractivity contribution in [3.05, 3.63) is 84.6 Å². The molecule has 0 aliphatic heterocycles. The molecule has 0 fully saturated rings. The largest absolute Gasteiger partial charge is 0.460 e. The van der Waals surface area contributed by atoms with Gasteiger partial charge in [-0.3, -0.25) is 14.6 Å². The highest BCUT2D eigenvalue weighted by Crippen LogP contribution is 2.15. The molecule has 2 N–H and O–H groups in total. The van der Waals surface area contributed by atoms with Crippen LogP contribution in [-0.4, -0.2) is 44.5 Å². The third kappa shape index (κ3) is 6.71. The van der Waals surface area contributed by atoms with Gasteiger partial charge in [0.1, 0.15) is 19.2 Å². The lowest BCUT2D eigenvalue weighted by molar-refractivity contribution is -0.142. The van der Waals surface area contributed by atoms with Gasteiger partial charge in [0.2, 0.25) is 15.9 Å². The summed E-state index contributed by atoms with van der Waals surface area (Å²) in [5.74, 6) is -1.33. The lowest BCUT2D eigenvalue weighted by Gasteiger charge is -2.18. The van der Waals surface area contributed by atoms with E-state index in [-0.39, 0.29) is 17.9 Å². The molecule has 1 heterocycles. The summed E-state index contributed by atoms with van der Waals surface area (Å²) < 4.78 is 33.1. The van der Waals surface area contributed by atoms with Gasteiger partial charge in [-0.25, -0.2) is 8.42 Å². The van der Waals surface area contributed by atoms with Crippen molar-refractivity contribution in [2.24, 2.45) is 0 Å². The highest BCUT2D eigenvalue weighted by molar-refractivity contribution is 7.89. The molecule has 33 heavy (non-hydrogen) atoms. The summed E-state index contributed by atoms with van der Waals surface area (Å²) in [5, 5.41) is 3.35. The summed E-state index contributed by atoms with van der Waals surface area (Å²) in [7, 11) is -4.00.